The second kappa shape index (κ2) is 10.4. The Hall–Kier alpha value is -2.92. The van der Waals surface area contributed by atoms with Crippen LogP contribution in [0.25, 0.3) is 10.9 Å². The minimum atomic E-state index is -0.695. The average molecular weight is 479 g/mol. The van der Waals surface area contributed by atoms with Crippen molar-refractivity contribution in [3.8, 4) is 0 Å². The quantitative estimate of drug-likeness (QED) is 0.486. The normalized spacial score (nSPS) is 19.3. The van der Waals surface area contributed by atoms with E-state index >= 15 is 0 Å². The van der Waals surface area contributed by atoms with Crippen LogP contribution >= 0.6 is 0 Å². The summed E-state index contributed by atoms with van der Waals surface area (Å²) < 4.78 is 0. The molecule has 2 fully saturated rings. The number of likely N-dealkylation sites (N-methyl/N-ethyl adjacent to an activating group) is 1. The Bertz CT molecular complexity index is 1140. The standard InChI is InChI=1S/C25H34N8O2/c1-17(34)21-13-19-15-27-25(30-23(19)24(28-21)33-7-5-20(35)6-8-33)29-22-4-3-18(14-26-22)16-32-11-9-31(2)10-12-32/h3-4,13-15,17,20,34-35H,5-12,16H2,1-2H3,(H,26,27,29,30). The summed E-state index contributed by atoms with van der Waals surface area (Å²) >= 11 is 0. The molecule has 0 saturated carbocycles. The summed E-state index contributed by atoms with van der Waals surface area (Å²) in [6.07, 6.45) is 4.05. The van der Waals surface area contributed by atoms with Gasteiger partial charge in [-0.1, -0.05) is 6.07 Å². The van der Waals surface area contributed by atoms with Crippen molar-refractivity contribution >= 4 is 28.5 Å². The minimum Gasteiger partial charge on any atom is -0.393 e. The number of hydrogen-bond donors (Lipinski definition) is 3. The van der Waals surface area contributed by atoms with E-state index in [0.717, 1.165) is 43.6 Å². The van der Waals surface area contributed by atoms with E-state index in [1.165, 1.54) is 5.56 Å². The van der Waals surface area contributed by atoms with E-state index in [-0.39, 0.29) is 6.10 Å². The molecule has 2 aliphatic rings. The highest BCUT2D eigenvalue weighted by molar-refractivity contribution is 5.89. The van der Waals surface area contributed by atoms with Crippen LogP contribution in [0.5, 0.6) is 0 Å². The molecule has 186 valence electrons. The topological polar surface area (TPSA) is 114 Å². The molecule has 1 atom stereocenters. The lowest BCUT2D eigenvalue weighted by Crippen LogP contribution is -2.43. The van der Waals surface area contributed by atoms with Gasteiger partial charge in [0.05, 0.1) is 17.9 Å². The molecule has 0 amide bonds. The van der Waals surface area contributed by atoms with E-state index in [1.807, 2.05) is 18.3 Å². The van der Waals surface area contributed by atoms with Crippen LogP contribution in [0, 0.1) is 0 Å². The molecule has 0 aliphatic carbocycles. The van der Waals surface area contributed by atoms with Crippen LogP contribution in [0.3, 0.4) is 0 Å². The molecule has 1 unspecified atom stereocenters. The molecule has 10 heteroatoms. The van der Waals surface area contributed by atoms with Crippen LogP contribution < -0.4 is 10.2 Å². The predicted octanol–water partition coefficient (Wildman–Crippen LogP) is 1.93. The van der Waals surface area contributed by atoms with Gasteiger partial charge in [0.25, 0.3) is 0 Å². The van der Waals surface area contributed by atoms with Gasteiger partial charge in [0, 0.05) is 63.6 Å². The summed E-state index contributed by atoms with van der Waals surface area (Å²) in [7, 11) is 2.16. The monoisotopic (exact) mass is 478 g/mol. The molecular formula is C25H34N8O2. The van der Waals surface area contributed by atoms with Crippen molar-refractivity contribution in [2.45, 2.75) is 38.5 Å². The molecule has 2 saturated heterocycles. The molecule has 3 N–H and O–H groups in total. The Morgan fingerprint density at radius 2 is 1.80 bits per heavy atom. The van der Waals surface area contributed by atoms with Gasteiger partial charge in [-0.3, -0.25) is 4.90 Å². The van der Waals surface area contributed by atoms with E-state index in [1.54, 1.807) is 13.1 Å². The zero-order valence-corrected chi connectivity index (χ0v) is 20.4. The largest absolute Gasteiger partial charge is 0.393 e. The molecular weight excluding hydrogens is 444 g/mol. The summed E-state index contributed by atoms with van der Waals surface area (Å²) in [5.74, 6) is 1.84. The summed E-state index contributed by atoms with van der Waals surface area (Å²) in [6.45, 7) is 8.33. The predicted molar refractivity (Wildman–Crippen MR) is 136 cm³/mol. The first kappa shape index (κ1) is 23.8. The SMILES string of the molecule is CC(O)c1cc2cnc(Nc3ccc(CN4CCN(C)CC4)cn3)nc2c(N2CCC(O)CC2)n1. The molecule has 5 rings (SSSR count). The maximum Gasteiger partial charge on any atom is 0.229 e. The van der Waals surface area contributed by atoms with Crippen molar-refractivity contribution in [2.24, 2.45) is 0 Å². The Labute approximate surface area is 205 Å². The molecule has 5 heterocycles. The number of pyridine rings is 2. The van der Waals surface area contributed by atoms with E-state index in [0.29, 0.717) is 49.2 Å². The van der Waals surface area contributed by atoms with Crippen molar-refractivity contribution in [2.75, 3.05) is 56.5 Å². The van der Waals surface area contributed by atoms with Gasteiger partial charge in [-0.2, -0.15) is 0 Å². The number of rotatable bonds is 6. The van der Waals surface area contributed by atoms with E-state index in [2.05, 4.69) is 43.1 Å². The second-order valence-electron chi connectivity index (χ2n) is 9.65. The smallest absolute Gasteiger partial charge is 0.229 e. The van der Waals surface area contributed by atoms with Crippen LogP contribution in [0.4, 0.5) is 17.6 Å². The summed E-state index contributed by atoms with van der Waals surface area (Å²) in [5.41, 5.74) is 2.49. The highest BCUT2D eigenvalue weighted by Crippen LogP contribution is 2.29. The Morgan fingerprint density at radius 1 is 1.03 bits per heavy atom. The molecule has 0 spiro atoms. The molecule has 3 aromatic heterocycles. The van der Waals surface area contributed by atoms with Crippen molar-refractivity contribution in [1.29, 1.82) is 0 Å². The zero-order valence-electron chi connectivity index (χ0n) is 20.4. The van der Waals surface area contributed by atoms with Gasteiger partial charge in [0.15, 0.2) is 5.82 Å². The first-order valence-corrected chi connectivity index (χ1v) is 12.4. The number of anilines is 3. The number of aliphatic hydroxyl groups excluding tert-OH is 2. The third kappa shape index (κ3) is 5.67. The molecule has 2 aliphatic heterocycles. The molecule has 0 bridgehead atoms. The summed E-state index contributed by atoms with van der Waals surface area (Å²) in [6, 6.07) is 5.88. The zero-order chi connectivity index (χ0) is 24.4. The summed E-state index contributed by atoms with van der Waals surface area (Å²) in [5, 5.41) is 24.1. The van der Waals surface area contributed by atoms with Crippen molar-refractivity contribution in [1.82, 2.24) is 29.7 Å². The molecule has 10 nitrogen and oxygen atoms in total. The van der Waals surface area contributed by atoms with Gasteiger partial charge in [-0.25, -0.2) is 19.9 Å². The summed E-state index contributed by atoms with van der Waals surface area (Å²) in [4.78, 5) is 25.5. The van der Waals surface area contributed by atoms with Gasteiger partial charge in [0.1, 0.15) is 11.3 Å². The second-order valence-corrected chi connectivity index (χ2v) is 9.65. The highest BCUT2D eigenvalue weighted by atomic mass is 16.3. The van der Waals surface area contributed by atoms with Crippen molar-refractivity contribution in [3.05, 3.63) is 41.9 Å². The highest BCUT2D eigenvalue weighted by Gasteiger charge is 2.22. The Kier molecular flexibility index (Phi) is 7.05. The van der Waals surface area contributed by atoms with Crippen LogP contribution in [0.2, 0.25) is 0 Å². The molecule has 0 radical (unpaired) electrons. The fraction of sp³-hybridized carbons (Fsp3) is 0.520. The van der Waals surface area contributed by atoms with Crippen LogP contribution in [-0.4, -0.2) is 92.4 Å². The fourth-order valence-corrected chi connectivity index (χ4v) is 4.59. The maximum atomic E-state index is 10.1. The lowest BCUT2D eigenvalue weighted by molar-refractivity contribution is 0.145. The number of fused-ring (bicyclic) bond motifs is 1. The lowest BCUT2D eigenvalue weighted by atomic mass is 10.1. The third-order valence-electron chi connectivity index (χ3n) is 6.83. The molecule has 35 heavy (non-hydrogen) atoms. The number of piperidine rings is 1. The van der Waals surface area contributed by atoms with Gasteiger partial charge in [-0.05, 0) is 44.5 Å². The lowest BCUT2D eigenvalue weighted by Gasteiger charge is -2.32. The van der Waals surface area contributed by atoms with Crippen molar-refractivity contribution < 1.29 is 10.2 Å². The Morgan fingerprint density at radius 3 is 2.49 bits per heavy atom. The number of nitrogens with zero attached hydrogens (tertiary/aromatic N) is 7. The van der Waals surface area contributed by atoms with Crippen LogP contribution in [0.15, 0.2) is 30.6 Å². The van der Waals surface area contributed by atoms with Gasteiger partial charge in [0.2, 0.25) is 5.95 Å². The number of nitrogens with one attached hydrogen (secondary N) is 1. The minimum absolute atomic E-state index is 0.283. The van der Waals surface area contributed by atoms with Crippen LogP contribution in [-0.2, 0) is 6.54 Å². The molecule has 0 aromatic carbocycles. The van der Waals surface area contributed by atoms with E-state index in [4.69, 9.17) is 9.97 Å². The first-order chi connectivity index (χ1) is 16.9. The van der Waals surface area contributed by atoms with E-state index < -0.39 is 6.10 Å². The van der Waals surface area contributed by atoms with Gasteiger partial charge < -0.3 is 25.3 Å². The maximum absolute atomic E-state index is 10.1. The first-order valence-electron chi connectivity index (χ1n) is 12.4. The van der Waals surface area contributed by atoms with E-state index in [9.17, 15) is 10.2 Å². The fourth-order valence-electron chi connectivity index (χ4n) is 4.59. The average Bonchev–Trinajstić information content (AvgIpc) is 2.86. The number of piperazine rings is 1. The number of hydrogen-bond acceptors (Lipinski definition) is 10. The Balaban J connectivity index is 1.35. The number of aromatic nitrogens is 4. The third-order valence-corrected chi connectivity index (χ3v) is 6.83. The number of aliphatic hydroxyl groups is 2. The molecule has 3 aromatic rings. The van der Waals surface area contributed by atoms with Gasteiger partial charge in [-0.15, -0.1) is 0 Å². The van der Waals surface area contributed by atoms with Gasteiger partial charge >= 0.3 is 0 Å². The van der Waals surface area contributed by atoms with Crippen molar-refractivity contribution in [3.63, 3.8) is 0 Å². The van der Waals surface area contributed by atoms with Crippen LogP contribution in [0.1, 0.15) is 37.1 Å².